The third-order valence-electron chi connectivity index (χ3n) is 6.66. The lowest BCUT2D eigenvalue weighted by Gasteiger charge is -2.29. The molecule has 1 aromatic rings. The van der Waals surface area contributed by atoms with Crippen molar-refractivity contribution in [2.45, 2.75) is 81.4 Å². The lowest BCUT2D eigenvalue weighted by molar-refractivity contribution is -0.136. The van der Waals surface area contributed by atoms with Gasteiger partial charge in [-0.2, -0.15) is 0 Å². The Balaban J connectivity index is 1.16. The number of halogens is 1. The summed E-state index contributed by atoms with van der Waals surface area (Å²) in [5, 5.41) is 2.35. The second kappa shape index (κ2) is 11.3. The van der Waals surface area contributed by atoms with Crippen LogP contribution in [0.1, 0.15) is 73.7 Å². The lowest BCUT2D eigenvalue weighted by Crippen LogP contribution is -2.52. The molecular formula is C25H32FN3O3S. The van der Waals surface area contributed by atoms with E-state index in [0.29, 0.717) is 37.3 Å². The summed E-state index contributed by atoms with van der Waals surface area (Å²) < 4.78 is 12.8. The van der Waals surface area contributed by atoms with Crippen LogP contribution in [0.3, 0.4) is 0 Å². The van der Waals surface area contributed by atoms with Gasteiger partial charge >= 0.3 is 0 Å². The first-order chi connectivity index (χ1) is 16.0. The van der Waals surface area contributed by atoms with Crippen molar-refractivity contribution in [1.82, 2.24) is 10.2 Å². The largest absolute Gasteiger partial charge is 0.322 e. The number of thioether (sulfide) groups is 1. The van der Waals surface area contributed by atoms with E-state index in [9.17, 15) is 18.8 Å². The summed E-state index contributed by atoms with van der Waals surface area (Å²) in [6.45, 7) is 1.27. The number of nitrogens with one attached hydrogen (secondary N) is 1. The van der Waals surface area contributed by atoms with Gasteiger partial charge in [0.1, 0.15) is 12.2 Å². The number of imide groups is 1. The molecule has 33 heavy (non-hydrogen) atoms. The maximum absolute atomic E-state index is 12.9. The SMILES string of the molecule is O=C1CCC(N2Cc3c(SCCCCCCCN=CC4CC(F)C4)cccc3C2=O)C(=O)N1. The minimum atomic E-state index is -0.610. The number of alkyl halides is 1. The van der Waals surface area contributed by atoms with Crippen LogP contribution in [-0.4, -0.2) is 53.3 Å². The molecule has 0 spiro atoms. The van der Waals surface area contributed by atoms with E-state index in [4.69, 9.17) is 0 Å². The van der Waals surface area contributed by atoms with E-state index in [0.717, 1.165) is 42.0 Å². The van der Waals surface area contributed by atoms with Gasteiger partial charge in [-0.25, -0.2) is 4.39 Å². The molecule has 2 aliphatic heterocycles. The van der Waals surface area contributed by atoms with E-state index in [1.54, 1.807) is 16.7 Å². The number of unbranched alkanes of at least 4 members (excludes halogenated alkanes) is 4. The highest BCUT2D eigenvalue weighted by molar-refractivity contribution is 7.99. The fraction of sp³-hybridized carbons (Fsp3) is 0.600. The number of rotatable bonds is 11. The van der Waals surface area contributed by atoms with Crippen LogP contribution in [0.15, 0.2) is 28.1 Å². The van der Waals surface area contributed by atoms with Gasteiger partial charge in [0.05, 0.1) is 0 Å². The van der Waals surface area contributed by atoms with Crippen molar-refractivity contribution in [3.63, 3.8) is 0 Å². The van der Waals surface area contributed by atoms with Crippen molar-refractivity contribution < 1.29 is 18.8 Å². The Bertz CT molecular complexity index is 916. The van der Waals surface area contributed by atoms with Crippen LogP contribution in [-0.2, 0) is 16.1 Å². The molecule has 0 aromatic heterocycles. The molecule has 3 amide bonds. The van der Waals surface area contributed by atoms with Crippen LogP contribution in [0, 0.1) is 5.92 Å². The number of carbonyl (C=O) groups excluding carboxylic acids is 3. The first-order valence-corrected chi connectivity index (χ1v) is 13.0. The molecule has 0 radical (unpaired) electrons. The van der Waals surface area contributed by atoms with Gasteiger partial charge in [0.25, 0.3) is 5.91 Å². The number of hydrogen-bond donors (Lipinski definition) is 1. The molecule has 2 heterocycles. The van der Waals surface area contributed by atoms with Gasteiger partial charge < -0.3 is 4.90 Å². The van der Waals surface area contributed by atoms with Gasteiger partial charge in [-0.3, -0.25) is 24.7 Å². The van der Waals surface area contributed by atoms with Crippen LogP contribution < -0.4 is 5.32 Å². The van der Waals surface area contributed by atoms with Crippen molar-refractivity contribution in [3.8, 4) is 0 Å². The smallest absolute Gasteiger partial charge is 0.255 e. The summed E-state index contributed by atoms with van der Waals surface area (Å²) in [5.41, 5.74) is 1.68. The van der Waals surface area contributed by atoms with Crippen molar-refractivity contribution in [3.05, 3.63) is 29.3 Å². The second-order valence-corrected chi connectivity index (χ2v) is 10.3. The first kappa shape index (κ1) is 23.9. The van der Waals surface area contributed by atoms with E-state index < -0.39 is 12.2 Å². The van der Waals surface area contributed by atoms with Crippen LogP contribution in [0.5, 0.6) is 0 Å². The average molecular weight is 474 g/mol. The number of fused-ring (bicyclic) bond motifs is 1. The van der Waals surface area contributed by atoms with Gasteiger partial charge in [0, 0.05) is 36.2 Å². The second-order valence-electron chi connectivity index (χ2n) is 9.18. The van der Waals surface area contributed by atoms with E-state index in [1.165, 1.54) is 12.8 Å². The van der Waals surface area contributed by atoms with E-state index in [1.807, 2.05) is 18.3 Å². The van der Waals surface area contributed by atoms with Gasteiger partial charge in [-0.15, -0.1) is 11.8 Å². The molecule has 2 fully saturated rings. The average Bonchev–Trinajstić information content (AvgIpc) is 3.10. The predicted octanol–water partition coefficient (Wildman–Crippen LogP) is 4.31. The highest BCUT2D eigenvalue weighted by Gasteiger charge is 2.39. The molecule has 3 aliphatic rings. The molecular weight excluding hydrogens is 441 g/mol. The van der Waals surface area contributed by atoms with Crippen LogP contribution >= 0.6 is 11.8 Å². The fourth-order valence-corrected chi connectivity index (χ4v) is 5.74. The molecule has 178 valence electrons. The monoisotopic (exact) mass is 473 g/mol. The van der Waals surface area contributed by atoms with Crippen molar-refractivity contribution >= 4 is 35.7 Å². The molecule has 1 aliphatic carbocycles. The van der Waals surface area contributed by atoms with Gasteiger partial charge in [-0.1, -0.05) is 25.3 Å². The quantitative estimate of drug-likeness (QED) is 0.225. The van der Waals surface area contributed by atoms with Crippen LogP contribution in [0.2, 0.25) is 0 Å². The minimum Gasteiger partial charge on any atom is -0.322 e. The highest BCUT2D eigenvalue weighted by atomic mass is 32.2. The zero-order valence-corrected chi connectivity index (χ0v) is 19.7. The Morgan fingerprint density at radius 3 is 2.70 bits per heavy atom. The Morgan fingerprint density at radius 2 is 1.91 bits per heavy atom. The Kier molecular flexibility index (Phi) is 8.17. The maximum Gasteiger partial charge on any atom is 0.255 e. The maximum atomic E-state index is 12.9. The predicted molar refractivity (Wildman–Crippen MR) is 127 cm³/mol. The minimum absolute atomic E-state index is 0.119. The molecule has 4 rings (SSSR count). The van der Waals surface area contributed by atoms with E-state index in [2.05, 4.69) is 16.4 Å². The summed E-state index contributed by atoms with van der Waals surface area (Å²) in [7, 11) is 0. The molecule has 0 bridgehead atoms. The summed E-state index contributed by atoms with van der Waals surface area (Å²) in [5.74, 6) is 0.597. The summed E-state index contributed by atoms with van der Waals surface area (Å²) >= 11 is 1.77. The first-order valence-electron chi connectivity index (χ1n) is 12.1. The van der Waals surface area contributed by atoms with E-state index >= 15 is 0 Å². The number of piperidine rings is 1. The van der Waals surface area contributed by atoms with Crippen LogP contribution in [0.25, 0.3) is 0 Å². The number of benzene rings is 1. The number of aliphatic imine (C=N–C) groups is 1. The Hall–Kier alpha value is -2.22. The topological polar surface area (TPSA) is 78.8 Å². The van der Waals surface area contributed by atoms with Gasteiger partial charge in [0.2, 0.25) is 11.8 Å². The highest BCUT2D eigenvalue weighted by Crippen LogP contribution is 2.34. The number of nitrogens with zero attached hydrogens (tertiary/aromatic N) is 2. The zero-order valence-electron chi connectivity index (χ0n) is 18.9. The Labute approximate surface area is 198 Å². The van der Waals surface area contributed by atoms with E-state index in [-0.39, 0.29) is 24.1 Å². The van der Waals surface area contributed by atoms with Crippen molar-refractivity contribution in [2.24, 2.45) is 10.9 Å². The Morgan fingerprint density at radius 1 is 1.12 bits per heavy atom. The molecule has 1 aromatic carbocycles. The molecule has 1 saturated carbocycles. The molecule has 1 N–H and O–H groups in total. The molecule has 1 saturated heterocycles. The zero-order chi connectivity index (χ0) is 23.2. The standard InChI is InChI=1S/C25H32FN3O3S/c26-18-13-17(14-18)15-27-11-4-2-1-3-5-12-33-22-8-6-7-19-20(22)16-29(25(19)32)21-9-10-23(30)28-24(21)31/h6-8,15,17-18,21H,1-5,9-14,16H2,(H,28,30,31). The fourth-order valence-electron chi connectivity index (χ4n) is 4.64. The third kappa shape index (κ3) is 6.02. The van der Waals surface area contributed by atoms with Crippen molar-refractivity contribution in [1.29, 1.82) is 0 Å². The summed E-state index contributed by atoms with van der Waals surface area (Å²) in [6, 6.07) is 5.22. The molecule has 8 heteroatoms. The van der Waals surface area contributed by atoms with Crippen molar-refractivity contribution in [2.75, 3.05) is 12.3 Å². The van der Waals surface area contributed by atoms with Gasteiger partial charge in [-0.05, 0) is 61.5 Å². The number of carbonyl (C=O) groups is 3. The summed E-state index contributed by atoms with van der Waals surface area (Å²) in [6.07, 6.45) is 8.99. The lowest BCUT2D eigenvalue weighted by atomic mass is 9.85. The number of amides is 3. The normalized spacial score (nSPS) is 24.8. The molecule has 1 atom stereocenters. The third-order valence-corrected chi connectivity index (χ3v) is 7.85. The molecule has 1 unspecified atom stereocenters. The summed E-state index contributed by atoms with van der Waals surface area (Å²) in [4.78, 5) is 43.7. The number of hydrogen-bond acceptors (Lipinski definition) is 5. The van der Waals surface area contributed by atoms with Crippen LogP contribution in [0.4, 0.5) is 4.39 Å². The molecule has 6 nitrogen and oxygen atoms in total. The van der Waals surface area contributed by atoms with Gasteiger partial charge in [0.15, 0.2) is 0 Å².